The second-order valence-corrected chi connectivity index (χ2v) is 11.6. The van der Waals surface area contributed by atoms with Crippen LogP contribution >= 0.6 is 0 Å². The molecule has 0 aliphatic carbocycles. The number of furan rings is 1. The highest BCUT2D eigenvalue weighted by Crippen LogP contribution is 2.21. The number of aliphatic hydroxyl groups excluding tert-OH is 1. The smallest absolute Gasteiger partial charge is 0.123 e. The van der Waals surface area contributed by atoms with E-state index >= 15 is 0 Å². The number of hydrogen-bond donors (Lipinski definition) is 1. The summed E-state index contributed by atoms with van der Waals surface area (Å²) in [6, 6.07) is 2.06. The van der Waals surface area contributed by atoms with Gasteiger partial charge in [-0.15, -0.1) is 0 Å². The van der Waals surface area contributed by atoms with Gasteiger partial charge >= 0.3 is 0 Å². The Morgan fingerprint density at radius 3 is 2.32 bits per heavy atom. The van der Waals surface area contributed by atoms with Crippen LogP contribution in [0.15, 0.2) is 16.7 Å². The van der Waals surface area contributed by atoms with Crippen molar-refractivity contribution in [1.29, 1.82) is 0 Å². The minimum atomic E-state index is -1.39. The lowest BCUT2D eigenvalue weighted by atomic mass is 10.0. The molecule has 2 nitrogen and oxygen atoms in total. The second kappa shape index (κ2) is 7.90. The molecule has 0 fully saturated rings. The number of aliphatic hydroxyl groups is 1. The fraction of sp³-hybridized carbons (Fsp3) is 0.750. The first kappa shape index (κ1) is 16.5. The van der Waals surface area contributed by atoms with E-state index in [1.54, 1.807) is 6.26 Å². The van der Waals surface area contributed by atoms with Crippen LogP contribution in [0.25, 0.3) is 0 Å². The van der Waals surface area contributed by atoms with Crippen LogP contribution in [-0.4, -0.2) is 13.2 Å². The predicted molar refractivity (Wildman–Crippen MR) is 84.6 cm³/mol. The Morgan fingerprint density at radius 1 is 1.11 bits per heavy atom. The molecule has 1 aromatic rings. The summed E-state index contributed by atoms with van der Waals surface area (Å²) in [6.45, 7) is 9.01. The molecule has 0 radical (unpaired) electrons. The summed E-state index contributed by atoms with van der Waals surface area (Å²) in [6.07, 6.45) is 9.85. The van der Waals surface area contributed by atoms with E-state index in [1.165, 1.54) is 32.1 Å². The van der Waals surface area contributed by atoms with Crippen LogP contribution in [-0.2, 0) is 0 Å². The Hall–Kier alpha value is -0.543. The van der Waals surface area contributed by atoms with Gasteiger partial charge in [-0.3, -0.25) is 0 Å². The lowest BCUT2D eigenvalue weighted by molar-refractivity contribution is 0.162. The normalized spacial score (nSPS) is 13.7. The van der Waals surface area contributed by atoms with Crippen LogP contribution in [0.3, 0.4) is 0 Å². The first-order valence-corrected chi connectivity index (χ1v) is 11.2. The van der Waals surface area contributed by atoms with Crippen molar-refractivity contribution in [3.8, 4) is 0 Å². The van der Waals surface area contributed by atoms with Crippen LogP contribution in [0.2, 0.25) is 19.6 Å². The Morgan fingerprint density at radius 2 is 1.74 bits per heavy atom. The van der Waals surface area contributed by atoms with Crippen molar-refractivity contribution in [3.05, 3.63) is 17.9 Å². The lowest BCUT2D eigenvalue weighted by Gasteiger charge is -2.11. The van der Waals surface area contributed by atoms with Gasteiger partial charge in [-0.05, 0) is 12.5 Å². The van der Waals surface area contributed by atoms with Gasteiger partial charge < -0.3 is 9.52 Å². The fourth-order valence-electron chi connectivity index (χ4n) is 2.20. The minimum absolute atomic E-state index is 0.347. The zero-order valence-corrected chi connectivity index (χ0v) is 14.0. The van der Waals surface area contributed by atoms with Gasteiger partial charge in [0.2, 0.25) is 0 Å². The summed E-state index contributed by atoms with van der Waals surface area (Å²) in [4.78, 5) is 0. The fourth-order valence-corrected chi connectivity index (χ4v) is 3.22. The van der Waals surface area contributed by atoms with Crippen molar-refractivity contribution < 1.29 is 9.52 Å². The molecule has 1 atom stereocenters. The Labute approximate surface area is 119 Å². The molecule has 1 heterocycles. The molecule has 0 aliphatic rings. The van der Waals surface area contributed by atoms with Gasteiger partial charge in [-0.25, -0.2) is 0 Å². The number of hydrogen-bond acceptors (Lipinski definition) is 2. The molecule has 1 N–H and O–H groups in total. The van der Waals surface area contributed by atoms with Crippen LogP contribution in [0.1, 0.15) is 63.5 Å². The van der Waals surface area contributed by atoms with E-state index in [0.717, 1.165) is 23.8 Å². The third kappa shape index (κ3) is 5.96. The highest BCUT2D eigenvalue weighted by Gasteiger charge is 2.22. The second-order valence-electron chi connectivity index (χ2n) is 6.57. The molecule has 0 spiro atoms. The molecule has 110 valence electrons. The van der Waals surface area contributed by atoms with E-state index in [-0.39, 0.29) is 6.10 Å². The van der Waals surface area contributed by atoms with Crippen molar-refractivity contribution in [2.45, 2.75) is 77.6 Å². The van der Waals surface area contributed by atoms with E-state index in [0.29, 0.717) is 0 Å². The SMILES string of the molecule is CCCCCCCCC(O)c1coc([Si](C)(C)C)c1. The van der Waals surface area contributed by atoms with Crippen molar-refractivity contribution in [1.82, 2.24) is 0 Å². The van der Waals surface area contributed by atoms with Gasteiger partial charge in [0.1, 0.15) is 8.07 Å². The molecular weight excluding hydrogens is 252 g/mol. The molecule has 0 bridgehead atoms. The largest absolute Gasteiger partial charge is 0.474 e. The van der Waals surface area contributed by atoms with Crippen molar-refractivity contribution >= 4 is 13.5 Å². The Balaban J connectivity index is 2.29. The summed E-state index contributed by atoms with van der Waals surface area (Å²) >= 11 is 0. The van der Waals surface area contributed by atoms with Gasteiger partial charge in [0.15, 0.2) is 0 Å². The zero-order chi connectivity index (χ0) is 14.3. The molecule has 0 aromatic carbocycles. The zero-order valence-electron chi connectivity index (χ0n) is 13.0. The van der Waals surface area contributed by atoms with Gasteiger partial charge in [0.05, 0.1) is 17.8 Å². The summed E-state index contributed by atoms with van der Waals surface area (Å²) in [5.74, 6) is 0. The average molecular weight is 282 g/mol. The van der Waals surface area contributed by atoms with Crippen molar-refractivity contribution in [3.63, 3.8) is 0 Å². The lowest BCUT2D eigenvalue weighted by Crippen LogP contribution is -2.36. The van der Waals surface area contributed by atoms with Gasteiger partial charge in [0, 0.05) is 5.56 Å². The molecule has 1 aromatic heterocycles. The van der Waals surface area contributed by atoms with E-state index < -0.39 is 8.07 Å². The highest BCUT2D eigenvalue weighted by molar-refractivity contribution is 6.87. The monoisotopic (exact) mass is 282 g/mol. The number of rotatable bonds is 9. The highest BCUT2D eigenvalue weighted by atomic mass is 28.3. The first-order valence-electron chi connectivity index (χ1n) is 7.72. The quantitative estimate of drug-likeness (QED) is 0.530. The third-order valence-electron chi connectivity index (χ3n) is 3.57. The molecule has 0 saturated carbocycles. The van der Waals surface area contributed by atoms with Crippen LogP contribution in [0, 0.1) is 0 Å². The molecule has 0 amide bonds. The minimum Gasteiger partial charge on any atom is -0.474 e. The molecule has 1 rings (SSSR count). The van der Waals surface area contributed by atoms with E-state index in [2.05, 4.69) is 32.6 Å². The summed E-state index contributed by atoms with van der Waals surface area (Å²) in [5.41, 5.74) is 0.964. The maximum absolute atomic E-state index is 10.2. The first-order chi connectivity index (χ1) is 8.95. The average Bonchev–Trinajstić information content (AvgIpc) is 2.82. The van der Waals surface area contributed by atoms with Gasteiger partial charge in [0.25, 0.3) is 0 Å². The molecule has 3 heteroatoms. The van der Waals surface area contributed by atoms with Gasteiger partial charge in [-0.2, -0.15) is 0 Å². The molecule has 1 unspecified atom stereocenters. The molecule has 0 saturated heterocycles. The standard InChI is InChI=1S/C16H30O2Si/c1-5-6-7-8-9-10-11-15(17)14-12-16(18-13-14)19(2,3)4/h12-13,15,17H,5-11H2,1-4H3. The van der Waals surface area contributed by atoms with Crippen molar-refractivity contribution in [2.24, 2.45) is 0 Å². The van der Waals surface area contributed by atoms with Gasteiger partial charge in [-0.1, -0.05) is 65.1 Å². The topological polar surface area (TPSA) is 33.4 Å². The summed E-state index contributed by atoms with van der Waals surface area (Å²) in [7, 11) is -1.39. The predicted octanol–water partition coefficient (Wildman–Crippen LogP) is 4.61. The van der Waals surface area contributed by atoms with E-state index in [1.807, 2.05) is 0 Å². The maximum atomic E-state index is 10.2. The molecule has 0 aliphatic heterocycles. The third-order valence-corrected chi connectivity index (χ3v) is 5.32. The summed E-state index contributed by atoms with van der Waals surface area (Å²) in [5, 5.41) is 11.2. The Bertz CT molecular complexity index is 352. The van der Waals surface area contributed by atoms with Crippen LogP contribution < -0.4 is 5.38 Å². The summed E-state index contributed by atoms with van der Waals surface area (Å²) < 4.78 is 5.61. The molecular formula is C16H30O2Si. The van der Waals surface area contributed by atoms with Crippen LogP contribution in [0.5, 0.6) is 0 Å². The Kier molecular flexibility index (Phi) is 6.87. The van der Waals surface area contributed by atoms with Crippen LogP contribution in [0.4, 0.5) is 0 Å². The van der Waals surface area contributed by atoms with Crippen molar-refractivity contribution in [2.75, 3.05) is 0 Å². The number of unbranched alkanes of at least 4 members (excludes halogenated alkanes) is 5. The molecule has 19 heavy (non-hydrogen) atoms. The van der Waals surface area contributed by atoms with E-state index in [4.69, 9.17) is 4.42 Å². The maximum Gasteiger partial charge on any atom is 0.123 e. The van der Waals surface area contributed by atoms with E-state index in [9.17, 15) is 5.11 Å².